The topological polar surface area (TPSA) is 68.3 Å². The lowest BCUT2D eigenvalue weighted by molar-refractivity contribution is -0.135. The zero-order valence-corrected chi connectivity index (χ0v) is 14.3. The van der Waals surface area contributed by atoms with Gasteiger partial charge in [-0.25, -0.2) is 0 Å². The molecule has 0 bridgehead atoms. The Kier molecular flexibility index (Phi) is 4.03. The molecule has 1 aromatic carbocycles. The molecule has 0 aliphatic carbocycles. The summed E-state index contributed by atoms with van der Waals surface area (Å²) in [5.74, 6) is 1.36. The van der Waals surface area contributed by atoms with E-state index in [4.69, 9.17) is 14.2 Å². The minimum Gasteiger partial charge on any atom is -0.454 e. The Morgan fingerprint density at radius 3 is 2.88 bits per heavy atom. The van der Waals surface area contributed by atoms with Crippen LogP contribution < -0.4 is 9.47 Å². The van der Waals surface area contributed by atoms with Gasteiger partial charge in [-0.05, 0) is 31.0 Å². The highest BCUT2D eigenvalue weighted by Gasteiger charge is 2.51. The Morgan fingerprint density at radius 2 is 2.04 bits per heavy atom. The van der Waals surface area contributed by atoms with Crippen molar-refractivity contribution in [2.75, 3.05) is 46.7 Å². The van der Waals surface area contributed by atoms with Crippen LogP contribution in [0.3, 0.4) is 0 Å². The summed E-state index contributed by atoms with van der Waals surface area (Å²) in [6.45, 7) is 3.19. The number of ether oxygens (including phenoxy) is 3. The Hall–Kier alpha value is -2.28. The van der Waals surface area contributed by atoms with Crippen molar-refractivity contribution in [1.29, 1.82) is 0 Å². The molecule has 2 saturated heterocycles. The molecule has 2 fully saturated rings. The van der Waals surface area contributed by atoms with Gasteiger partial charge in [0.2, 0.25) is 12.7 Å². The zero-order chi connectivity index (χ0) is 17.4. The molecular weight excluding hydrogens is 324 g/mol. The molecule has 25 heavy (non-hydrogen) atoms. The van der Waals surface area contributed by atoms with E-state index in [-0.39, 0.29) is 18.6 Å². The monoisotopic (exact) mass is 346 g/mol. The second-order valence-electron chi connectivity index (χ2n) is 6.86. The van der Waals surface area contributed by atoms with Crippen molar-refractivity contribution < 1.29 is 23.8 Å². The van der Waals surface area contributed by atoms with E-state index in [0.29, 0.717) is 43.3 Å². The number of amides is 2. The minimum absolute atomic E-state index is 0.0571. The molecule has 3 heterocycles. The van der Waals surface area contributed by atoms with Crippen LogP contribution in [0.2, 0.25) is 0 Å². The molecule has 0 saturated carbocycles. The average Bonchev–Trinajstić information content (AvgIpc) is 3.34. The third-order valence-electron chi connectivity index (χ3n) is 5.43. The number of hydrogen-bond donors (Lipinski definition) is 0. The number of rotatable bonds is 4. The molecule has 7 heteroatoms. The van der Waals surface area contributed by atoms with Gasteiger partial charge in [-0.1, -0.05) is 0 Å². The maximum atomic E-state index is 12.8. The third-order valence-corrected chi connectivity index (χ3v) is 5.43. The molecule has 0 aromatic heterocycles. The first-order chi connectivity index (χ1) is 12.1. The van der Waals surface area contributed by atoms with Crippen LogP contribution in [0.15, 0.2) is 18.2 Å². The minimum atomic E-state index is -0.417. The molecule has 1 unspecified atom stereocenters. The van der Waals surface area contributed by atoms with Gasteiger partial charge in [-0.2, -0.15) is 0 Å². The van der Waals surface area contributed by atoms with Gasteiger partial charge in [-0.3, -0.25) is 9.59 Å². The maximum Gasteiger partial charge on any atom is 0.254 e. The van der Waals surface area contributed by atoms with Crippen molar-refractivity contribution >= 4 is 11.8 Å². The number of hydrogen-bond acceptors (Lipinski definition) is 5. The summed E-state index contributed by atoms with van der Waals surface area (Å²) in [4.78, 5) is 29.3. The largest absolute Gasteiger partial charge is 0.454 e. The molecule has 4 rings (SSSR count). The van der Waals surface area contributed by atoms with Gasteiger partial charge < -0.3 is 24.0 Å². The van der Waals surface area contributed by atoms with Crippen LogP contribution in [0.1, 0.15) is 23.2 Å². The fourth-order valence-corrected chi connectivity index (χ4v) is 3.94. The third kappa shape index (κ3) is 2.72. The van der Waals surface area contributed by atoms with Crippen LogP contribution in [-0.2, 0) is 9.53 Å². The number of fused-ring (bicyclic) bond motifs is 1. The summed E-state index contributed by atoms with van der Waals surface area (Å²) in [6, 6.07) is 5.23. The van der Waals surface area contributed by atoms with Crippen molar-refractivity contribution in [2.24, 2.45) is 5.41 Å². The van der Waals surface area contributed by atoms with Crippen LogP contribution in [0, 0.1) is 5.41 Å². The van der Waals surface area contributed by atoms with Crippen LogP contribution in [0.25, 0.3) is 0 Å². The molecule has 3 aliphatic heterocycles. The summed E-state index contributed by atoms with van der Waals surface area (Å²) in [5, 5.41) is 0. The van der Waals surface area contributed by atoms with Crippen LogP contribution >= 0.6 is 0 Å². The normalized spacial score (nSPS) is 24.6. The van der Waals surface area contributed by atoms with Crippen molar-refractivity contribution in [3.8, 4) is 11.5 Å². The molecule has 134 valence electrons. The highest BCUT2D eigenvalue weighted by atomic mass is 16.7. The molecule has 1 atom stereocenters. The van der Waals surface area contributed by atoms with Gasteiger partial charge in [0.15, 0.2) is 11.5 Å². The van der Waals surface area contributed by atoms with Gasteiger partial charge in [0.05, 0.1) is 12.0 Å². The van der Waals surface area contributed by atoms with E-state index < -0.39 is 5.41 Å². The lowest BCUT2D eigenvalue weighted by Gasteiger charge is -2.23. The Balaban J connectivity index is 1.45. The number of carbonyl (C=O) groups excluding carboxylic acids is 2. The fourth-order valence-electron chi connectivity index (χ4n) is 3.94. The van der Waals surface area contributed by atoms with E-state index in [0.717, 1.165) is 19.4 Å². The molecule has 1 aromatic rings. The van der Waals surface area contributed by atoms with Gasteiger partial charge in [0, 0.05) is 38.9 Å². The number of benzene rings is 1. The molecule has 2 amide bonds. The Morgan fingerprint density at radius 1 is 1.24 bits per heavy atom. The number of methoxy groups -OCH3 is 1. The van der Waals surface area contributed by atoms with Gasteiger partial charge in [0.1, 0.15) is 0 Å². The fraction of sp³-hybridized carbons (Fsp3) is 0.556. The molecule has 3 aliphatic rings. The number of nitrogens with zero attached hydrogens (tertiary/aromatic N) is 2. The highest BCUT2D eigenvalue weighted by molar-refractivity contribution is 5.96. The van der Waals surface area contributed by atoms with Crippen LogP contribution in [0.4, 0.5) is 0 Å². The first-order valence-corrected chi connectivity index (χ1v) is 8.60. The van der Waals surface area contributed by atoms with Gasteiger partial charge >= 0.3 is 0 Å². The summed E-state index contributed by atoms with van der Waals surface area (Å²) in [6.07, 6.45) is 1.53. The molecule has 0 radical (unpaired) electrons. The lowest BCUT2D eigenvalue weighted by Crippen LogP contribution is -2.39. The average molecular weight is 346 g/mol. The van der Waals surface area contributed by atoms with Gasteiger partial charge in [0.25, 0.3) is 5.91 Å². The quantitative estimate of drug-likeness (QED) is 0.817. The number of carbonyl (C=O) groups is 2. The maximum absolute atomic E-state index is 12.8. The summed E-state index contributed by atoms with van der Waals surface area (Å²) in [7, 11) is 1.64. The van der Waals surface area contributed by atoms with Crippen molar-refractivity contribution in [1.82, 2.24) is 9.80 Å². The van der Waals surface area contributed by atoms with E-state index in [1.807, 2.05) is 4.90 Å². The highest BCUT2D eigenvalue weighted by Crippen LogP contribution is 2.41. The molecular formula is C18H22N2O5. The second-order valence-corrected chi connectivity index (χ2v) is 6.86. The van der Waals surface area contributed by atoms with E-state index >= 15 is 0 Å². The summed E-state index contributed by atoms with van der Waals surface area (Å²) >= 11 is 0. The second kappa shape index (κ2) is 6.22. The number of likely N-dealkylation sites (tertiary alicyclic amines) is 2. The lowest BCUT2D eigenvalue weighted by atomic mass is 9.85. The first-order valence-electron chi connectivity index (χ1n) is 8.60. The van der Waals surface area contributed by atoms with E-state index in [2.05, 4.69) is 0 Å². The zero-order valence-electron chi connectivity index (χ0n) is 14.3. The predicted molar refractivity (Wildman–Crippen MR) is 88.6 cm³/mol. The first kappa shape index (κ1) is 16.2. The van der Waals surface area contributed by atoms with Crippen molar-refractivity contribution in [3.63, 3.8) is 0 Å². The van der Waals surface area contributed by atoms with E-state index in [1.54, 1.807) is 30.2 Å². The van der Waals surface area contributed by atoms with Crippen LogP contribution in [-0.4, -0.2) is 68.3 Å². The molecule has 1 spiro atoms. The smallest absolute Gasteiger partial charge is 0.254 e. The molecule has 7 nitrogen and oxygen atoms in total. The Bertz CT molecular complexity index is 707. The Labute approximate surface area is 146 Å². The SMILES string of the molecule is COCCN1CCC2(CCN(C(=O)c3ccc4c(c3)OCO4)C2)C1=O. The molecule has 0 N–H and O–H groups in total. The summed E-state index contributed by atoms with van der Waals surface area (Å²) in [5.41, 5.74) is 0.155. The van der Waals surface area contributed by atoms with Crippen molar-refractivity contribution in [2.45, 2.75) is 12.8 Å². The van der Waals surface area contributed by atoms with Crippen molar-refractivity contribution in [3.05, 3.63) is 23.8 Å². The van der Waals surface area contributed by atoms with Gasteiger partial charge in [-0.15, -0.1) is 0 Å². The van der Waals surface area contributed by atoms with E-state index in [1.165, 1.54) is 0 Å². The summed E-state index contributed by atoms with van der Waals surface area (Å²) < 4.78 is 15.7. The predicted octanol–water partition coefficient (Wildman–Crippen LogP) is 1.13. The van der Waals surface area contributed by atoms with Crippen LogP contribution in [0.5, 0.6) is 11.5 Å². The van der Waals surface area contributed by atoms with E-state index in [9.17, 15) is 9.59 Å². The standard InChI is InChI=1S/C18H22N2O5/c1-23-9-8-19-6-4-18(17(19)22)5-7-20(11-18)16(21)13-2-3-14-15(10-13)25-12-24-14/h2-3,10H,4-9,11-12H2,1H3.